The number of rotatable bonds is 2. The van der Waals surface area contributed by atoms with Crippen molar-refractivity contribution in [3.8, 4) is 0 Å². The van der Waals surface area contributed by atoms with Gasteiger partial charge in [-0.15, -0.1) is 0 Å². The Morgan fingerprint density at radius 2 is 1.89 bits per heavy atom. The van der Waals surface area contributed by atoms with E-state index in [1.807, 2.05) is 6.92 Å². The summed E-state index contributed by atoms with van der Waals surface area (Å²) in [5.41, 5.74) is 6.27. The van der Waals surface area contributed by atoms with E-state index in [0.717, 1.165) is 24.5 Å². The molecule has 0 radical (unpaired) electrons. The van der Waals surface area contributed by atoms with E-state index in [-0.39, 0.29) is 0 Å². The molecule has 3 N–H and O–H groups in total. The molecule has 2 heterocycles. The van der Waals surface area contributed by atoms with E-state index in [1.165, 1.54) is 11.1 Å². The molecule has 1 aromatic carbocycles. The number of nitrogens with one attached hydrogen (secondary N) is 1. The van der Waals surface area contributed by atoms with E-state index < -0.39 is 0 Å². The van der Waals surface area contributed by atoms with Crippen molar-refractivity contribution in [3.63, 3.8) is 0 Å². The average molecular weight is 241 g/mol. The van der Waals surface area contributed by atoms with Gasteiger partial charge in [-0.1, -0.05) is 24.3 Å². The maximum Gasteiger partial charge on any atom is 0.239 e. The lowest BCUT2D eigenvalue weighted by Gasteiger charge is -2.19. The van der Waals surface area contributed by atoms with Crippen molar-refractivity contribution in [2.75, 3.05) is 10.3 Å². The molecular weight excluding hydrogens is 226 g/mol. The van der Waals surface area contributed by atoms with Crippen molar-refractivity contribution in [2.24, 2.45) is 5.84 Å². The van der Waals surface area contributed by atoms with Gasteiger partial charge in [0.25, 0.3) is 0 Å². The molecule has 18 heavy (non-hydrogen) atoms. The highest BCUT2D eigenvalue weighted by atomic mass is 15.3. The Labute approximate surface area is 106 Å². The van der Waals surface area contributed by atoms with Gasteiger partial charge in [-0.05, 0) is 18.1 Å². The summed E-state index contributed by atoms with van der Waals surface area (Å²) >= 11 is 0. The van der Waals surface area contributed by atoms with Gasteiger partial charge in [-0.25, -0.2) is 10.8 Å². The highest BCUT2D eigenvalue weighted by Crippen LogP contribution is 2.28. The largest absolute Gasteiger partial charge is 0.348 e. The standard InChI is InChI=1S/C13H15N5/c1-9-6-15-13(17-14)16-12(9)18-7-10-4-2-3-5-11(10)8-18/h2-6H,7-8,14H2,1H3,(H,15,16,17). The fourth-order valence-electron chi connectivity index (χ4n) is 2.31. The maximum atomic E-state index is 5.36. The predicted molar refractivity (Wildman–Crippen MR) is 70.9 cm³/mol. The third-order valence-corrected chi connectivity index (χ3v) is 3.21. The van der Waals surface area contributed by atoms with Crippen LogP contribution in [0.1, 0.15) is 16.7 Å². The molecule has 0 unspecified atom stereocenters. The fraction of sp³-hybridized carbons (Fsp3) is 0.231. The average Bonchev–Trinajstić information content (AvgIpc) is 2.82. The first-order valence-electron chi connectivity index (χ1n) is 5.90. The van der Waals surface area contributed by atoms with Crippen LogP contribution in [0.25, 0.3) is 0 Å². The van der Waals surface area contributed by atoms with Crippen molar-refractivity contribution in [1.82, 2.24) is 9.97 Å². The summed E-state index contributed by atoms with van der Waals surface area (Å²) in [5, 5.41) is 0. The third kappa shape index (κ3) is 1.78. The van der Waals surface area contributed by atoms with Crippen LogP contribution < -0.4 is 16.2 Å². The summed E-state index contributed by atoms with van der Waals surface area (Å²) in [7, 11) is 0. The van der Waals surface area contributed by atoms with E-state index in [9.17, 15) is 0 Å². The van der Waals surface area contributed by atoms with Crippen molar-refractivity contribution < 1.29 is 0 Å². The van der Waals surface area contributed by atoms with Gasteiger partial charge < -0.3 is 4.90 Å². The van der Waals surface area contributed by atoms with Gasteiger partial charge in [-0.2, -0.15) is 4.98 Å². The Hall–Kier alpha value is -2.14. The number of benzene rings is 1. The smallest absolute Gasteiger partial charge is 0.239 e. The Balaban J connectivity index is 1.94. The van der Waals surface area contributed by atoms with Gasteiger partial charge in [0.15, 0.2) is 0 Å². The first kappa shape index (κ1) is 11.0. The maximum absolute atomic E-state index is 5.36. The molecule has 5 heteroatoms. The van der Waals surface area contributed by atoms with Crippen LogP contribution >= 0.6 is 0 Å². The van der Waals surface area contributed by atoms with E-state index in [2.05, 4.69) is 44.6 Å². The lowest BCUT2D eigenvalue weighted by molar-refractivity contribution is 0.844. The molecule has 1 aliphatic rings. The molecule has 0 spiro atoms. The van der Waals surface area contributed by atoms with E-state index in [4.69, 9.17) is 5.84 Å². The van der Waals surface area contributed by atoms with Crippen LogP contribution in [0.5, 0.6) is 0 Å². The zero-order valence-electron chi connectivity index (χ0n) is 10.2. The number of hydrogen-bond donors (Lipinski definition) is 2. The number of hydrogen-bond acceptors (Lipinski definition) is 5. The van der Waals surface area contributed by atoms with Gasteiger partial charge in [-0.3, -0.25) is 5.43 Å². The number of aryl methyl sites for hydroxylation is 1. The van der Waals surface area contributed by atoms with Gasteiger partial charge in [0.2, 0.25) is 5.95 Å². The van der Waals surface area contributed by atoms with Crippen LogP contribution in [0.4, 0.5) is 11.8 Å². The molecule has 2 aromatic rings. The minimum absolute atomic E-state index is 0.451. The molecule has 5 nitrogen and oxygen atoms in total. The van der Waals surface area contributed by atoms with E-state index in [0.29, 0.717) is 5.95 Å². The lowest BCUT2D eigenvalue weighted by atomic mass is 10.1. The first-order valence-corrected chi connectivity index (χ1v) is 5.90. The molecule has 0 saturated heterocycles. The highest BCUT2D eigenvalue weighted by Gasteiger charge is 2.21. The molecule has 3 rings (SSSR count). The zero-order valence-corrected chi connectivity index (χ0v) is 10.2. The third-order valence-electron chi connectivity index (χ3n) is 3.21. The Morgan fingerprint density at radius 1 is 1.22 bits per heavy atom. The van der Waals surface area contributed by atoms with Gasteiger partial charge in [0.05, 0.1) is 0 Å². The predicted octanol–water partition coefficient (Wildman–Crippen LogP) is 1.59. The van der Waals surface area contributed by atoms with E-state index >= 15 is 0 Å². The summed E-state index contributed by atoms with van der Waals surface area (Å²) < 4.78 is 0. The molecular formula is C13H15N5. The minimum Gasteiger partial charge on any atom is -0.348 e. The molecule has 0 fully saturated rings. The van der Waals surface area contributed by atoms with Crippen LogP contribution in [0.3, 0.4) is 0 Å². The number of anilines is 2. The second kappa shape index (κ2) is 4.27. The quantitative estimate of drug-likeness (QED) is 0.617. The topological polar surface area (TPSA) is 67.1 Å². The zero-order chi connectivity index (χ0) is 12.5. The van der Waals surface area contributed by atoms with E-state index in [1.54, 1.807) is 6.20 Å². The second-order valence-electron chi connectivity index (χ2n) is 4.47. The monoisotopic (exact) mass is 241 g/mol. The molecule has 92 valence electrons. The number of hydrazine groups is 1. The lowest BCUT2D eigenvalue weighted by Crippen LogP contribution is -2.19. The van der Waals surface area contributed by atoms with Gasteiger partial charge >= 0.3 is 0 Å². The molecule has 0 atom stereocenters. The van der Waals surface area contributed by atoms with Crippen LogP contribution in [-0.4, -0.2) is 9.97 Å². The Kier molecular flexibility index (Phi) is 2.60. The normalized spacial score (nSPS) is 13.6. The number of nitrogens with two attached hydrogens (primary N) is 1. The van der Waals surface area contributed by atoms with Crippen LogP contribution in [-0.2, 0) is 13.1 Å². The number of fused-ring (bicyclic) bond motifs is 1. The minimum atomic E-state index is 0.451. The van der Waals surface area contributed by atoms with Gasteiger partial charge in [0, 0.05) is 24.8 Å². The van der Waals surface area contributed by atoms with Gasteiger partial charge in [0.1, 0.15) is 5.82 Å². The van der Waals surface area contributed by atoms with Crippen molar-refractivity contribution >= 4 is 11.8 Å². The number of aromatic nitrogens is 2. The summed E-state index contributed by atoms with van der Waals surface area (Å²) in [6, 6.07) is 8.46. The molecule has 1 aliphatic heterocycles. The van der Waals surface area contributed by atoms with Crippen LogP contribution in [0, 0.1) is 6.92 Å². The summed E-state index contributed by atoms with van der Waals surface area (Å²) in [6.45, 7) is 3.79. The van der Waals surface area contributed by atoms with Crippen molar-refractivity contribution in [1.29, 1.82) is 0 Å². The Morgan fingerprint density at radius 3 is 2.50 bits per heavy atom. The summed E-state index contributed by atoms with van der Waals surface area (Å²) in [5.74, 6) is 6.75. The molecule has 0 aliphatic carbocycles. The number of nitrogen functional groups attached to an aromatic ring is 1. The fourth-order valence-corrected chi connectivity index (χ4v) is 2.31. The molecule has 0 bridgehead atoms. The van der Waals surface area contributed by atoms with Crippen molar-refractivity contribution in [3.05, 3.63) is 47.2 Å². The summed E-state index contributed by atoms with van der Waals surface area (Å²) in [4.78, 5) is 10.8. The highest BCUT2D eigenvalue weighted by molar-refractivity contribution is 5.53. The SMILES string of the molecule is Cc1cnc(NN)nc1N1Cc2ccccc2C1. The first-order chi connectivity index (χ1) is 8.78. The molecule has 0 amide bonds. The van der Waals surface area contributed by atoms with Crippen molar-refractivity contribution in [2.45, 2.75) is 20.0 Å². The summed E-state index contributed by atoms with van der Waals surface area (Å²) in [6.07, 6.45) is 1.79. The Bertz CT molecular complexity index is 556. The molecule has 1 aromatic heterocycles. The number of nitrogens with zero attached hydrogens (tertiary/aromatic N) is 3. The van der Waals surface area contributed by atoms with Crippen LogP contribution in [0.2, 0.25) is 0 Å². The molecule has 0 saturated carbocycles. The van der Waals surface area contributed by atoms with Crippen LogP contribution in [0.15, 0.2) is 30.5 Å². The second-order valence-corrected chi connectivity index (χ2v) is 4.47.